The van der Waals surface area contributed by atoms with E-state index >= 15 is 0 Å². The third-order valence-electron chi connectivity index (χ3n) is 3.48. The minimum atomic E-state index is -0.470. The molecule has 0 saturated carbocycles. The monoisotopic (exact) mass is 299 g/mol. The Hall–Kier alpha value is -2.26. The number of carbonyl (C=O) groups is 1. The van der Waals surface area contributed by atoms with Crippen LogP contribution in [0.2, 0.25) is 5.02 Å². The van der Waals surface area contributed by atoms with Gasteiger partial charge >= 0.3 is 5.97 Å². The topological polar surface area (TPSA) is 42.1 Å². The predicted octanol–water partition coefficient (Wildman–Crippen LogP) is 4.13. The molecule has 0 bridgehead atoms. The van der Waals surface area contributed by atoms with Crippen LogP contribution in [0.5, 0.6) is 0 Å². The molecule has 1 unspecified atom stereocenters. The van der Waals surface area contributed by atoms with Crippen molar-refractivity contribution in [1.82, 2.24) is 4.98 Å². The SMILES string of the molecule is COC(=O)C(c1ccccc1)c1cc2cc(Cl)ccc2[nH]1. The molecule has 0 amide bonds. The molecule has 1 aromatic heterocycles. The summed E-state index contributed by atoms with van der Waals surface area (Å²) < 4.78 is 4.96. The fourth-order valence-corrected chi connectivity index (χ4v) is 2.67. The second kappa shape index (κ2) is 5.62. The van der Waals surface area contributed by atoms with E-state index in [0.29, 0.717) is 5.02 Å². The number of carbonyl (C=O) groups excluding carboxylic acids is 1. The van der Waals surface area contributed by atoms with Gasteiger partial charge in [-0.1, -0.05) is 41.9 Å². The first kappa shape index (κ1) is 13.7. The molecule has 0 spiro atoms. The van der Waals surface area contributed by atoms with Gasteiger partial charge in [0.1, 0.15) is 5.92 Å². The third-order valence-corrected chi connectivity index (χ3v) is 3.72. The van der Waals surface area contributed by atoms with Gasteiger partial charge in [0.2, 0.25) is 0 Å². The van der Waals surface area contributed by atoms with Gasteiger partial charge in [-0.25, -0.2) is 0 Å². The largest absolute Gasteiger partial charge is 0.468 e. The van der Waals surface area contributed by atoms with Gasteiger partial charge in [-0.15, -0.1) is 0 Å². The fourth-order valence-electron chi connectivity index (χ4n) is 2.49. The molecule has 106 valence electrons. The van der Waals surface area contributed by atoms with Crippen molar-refractivity contribution in [3.63, 3.8) is 0 Å². The van der Waals surface area contributed by atoms with E-state index < -0.39 is 5.92 Å². The number of H-pyrrole nitrogens is 1. The van der Waals surface area contributed by atoms with Gasteiger partial charge in [0.25, 0.3) is 0 Å². The number of methoxy groups -OCH3 is 1. The summed E-state index contributed by atoms with van der Waals surface area (Å²) in [7, 11) is 1.40. The minimum Gasteiger partial charge on any atom is -0.468 e. The van der Waals surface area contributed by atoms with Gasteiger partial charge < -0.3 is 9.72 Å². The average molecular weight is 300 g/mol. The Balaban J connectivity index is 2.12. The summed E-state index contributed by atoms with van der Waals surface area (Å²) in [6, 6.07) is 17.1. The van der Waals surface area contributed by atoms with Gasteiger partial charge in [0, 0.05) is 21.6 Å². The fraction of sp³-hybridized carbons (Fsp3) is 0.118. The lowest BCUT2D eigenvalue weighted by Gasteiger charge is -2.13. The molecule has 1 N–H and O–H groups in total. The van der Waals surface area contributed by atoms with Crippen LogP contribution in [-0.4, -0.2) is 18.1 Å². The number of aromatic amines is 1. The lowest BCUT2D eigenvalue weighted by Crippen LogP contribution is -2.15. The maximum absolute atomic E-state index is 12.2. The second-order valence-corrected chi connectivity index (χ2v) is 5.26. The smallest absolute Gasteiger partial charge is 0.319 e. The molecule has 0 aliphatic carbocycles. The van der Waals surface area contributed by atoms with Crippen LogP contribution < -0.4 is 0 Å². The molecule has 0 saturated heterocycles. The van der Waals surface area contributed by atoms with E-state index in [-0.39, 0.29) is 5.97 Å². The molecule has 21 heavy (non-hydrogen) atoms. The van der Waals surface area contributed by atoms with Gasteiger partial charge in [-0.3, -0.25) is 4.79 Å². The minimum absolute atomic E-state index is 0.293. The number of esters is 1. The molecule has 1 atom stereocenters. The second-order valence-electron chi connectivity index (χ2n) is 4.82. The molecular weight excluding hydrogens is 286 g/mol. The zero-order valence-electron chi connectivity index (χ0n) is 11.5. The number of benzene rings is 2. The van der Waals surface area contributed by atoms with Crippen LogP contribution >= 0.6 is 11.6 Å². The molecule has 3 aromatic rings. The normalized spacial score (nSPS) is 12.3. The van der Waals surface area contributed by atoms with E-state index in [1.165, 1.54) is 7.11 Å². The van der Waals surface area contributed by atoms with E-state index in [0.717, 1.165) is 22.2 Å². The van der Waals surface area contributed by atoms with Crippen molar-refractivity contribution in [2.24, 2.45) is 0 Å². The Labute approximate surface area is 127 Å². The molecule has 0 fully saturated rings. The number of hydrogen-bond donors (Lipinski definition) is 1. The van der Waals surface area contributed by atoms with Crippen LogP contribution in [0, 0.1) is 0 Å². The summed E-state index contributed by atoms with van der Waals surface area (Å²) in [5.41, 5.74) is 2.63. The van der Waals surface area contributed by atoms with Gasteiger partial charge in [0.15, 0.2) is 0 Å². The first-order chi connectivity index (χ1) is 10.2. The number of ether oxygens (including phenoxy) is 1. The summed E-state index contributed by atoms with van der Waals surface area (Å²) in [6.07, 6.45) is 0. The maximum Gasteiger partial charge on any atom is 0.319 e. The highest BCUT2D eigenvalue weighted by Gasteiger charge is 2.25. The Morgan fingerprint density at radius 3 is 2.62 bits per heavy atom. The molecule has 3 nitrogen and oxygen atoms in total. The average Bonchev–Trinajstić information content (AvgIpc) is 2.90. The quantitative estimate of drug-likeness (QED) is 0.739. The number of halogens is 1. The number of fused-ring (bicyclic) bond motifs is 1. The Morgan fingerprint density at radius 2 is 1.90 bits per heavy atom. The van der Waals surface area contributed by atoms with Crippen LogP contribution in [0.1, 0.15) is 17.2 Å². The standard InChI is InChI=1S/C17H14ClNO2/c1-21-17(20)16(11-5-3-2-4-6-11)15-10-12-9-13(18)7-8-14(12)19-15/h2-10,16,19H,1H3. The zero-order chi connectivity index (χ0) is 14.8. The van der Waals surface area contributed by atoms with Crippen LogP contribution in [0.4, 0.5) is 0 Å². The van der Waals surface area contributed by atoms with E-state index in [9.17, 15) is 4.79 Å². The molecule has 1 heterocycles. The zero-order valence-corrected chi connectivity index (χ0v) is 12.2. The van der Waals surface area contributed by atoms with Crippen molar-refractivity contribution in [3.05, 3.63) is 70.9 Å². The number of nitrogens with one attached hydrogen (secondary N) is 1. The Kier molecular flexibility index (Phi) is 3.67. The number of rotatable bonds is 3. The lowest BCUT2D eigenvalue weighted by molar-refractivity contribution is -0.141. The third kappa shape index (κ3) is 2.65. The molecule has 2 aromatic carbocycles. The predicted molar refractivity (Wildman–Crippen MR) is 83.6 cm³/mol. The molecule has 0 aliphatic heterocycles. The van der Waals surface area contributed by atoms with E-state index in [1.54, 1.807) is 0 Å². The van der Waals surface area contributed by atoms with Crippen molar-refractivity contribution in [2.45, 2.75) is 5.92 Å². The number of hydrogen-bond acceptors (Lipinski definition) is 2. The highest BCUT2D eigenvalue weighted by Crippen LogP contribution is 2.29. The van der Waals surface area contributed by atoms with Gasteiger partial charge in [-0.2, -0.15) is 0 Å². The van der Waals surface area contributed by atoms with Crippen molar-refractivity contribution < 1.29 is 9.53 Å². The molecular formula is C17H14ClNO2. The first-order valence-corrected chi connectivity index (χ1v) is 6.98. The summed E-state index contributed by atoms with van der Waals surface area (Å²) in [5.74, 6) is -0.763. The van der Waals surface area contributed by atoms with Crippen molar-refractivity contribution in [1.29, 1.82) is 0 Å². The van der Waals surface area contributed by atoms with Crippen molar-refractivity contribution in [3.8, 4) is 0 Å². The highest BCUT2D eigenvalue weighted by atomic mass is 35.5. The summed E-state index contributed by atoms with van der Waals surface area (Å²) in [5, 5.41) is 1.64. The number of aromatic nitrogens is 1. The van der Waals surface area contributed by atoms with Crippen LogP contribution in [0.15, 0.2) is 54.6 Å². The summed E-state index contributed by atoms with van der Waals surface area (Å²) in [4.78, 5) is 15.5. The Bertz CT molecular complexity index is 780. The van der Waals surface area contributed by atoms with Crippen molar-refractivity contribution in [2.75, 3.05) is 7.11 Å². The van der Waals surface area contributed by atoms with E-state index in [2.05, 4.69) is 4.98 Å². The molecule has 4 heteroatoms. The Morgan fingerprint density at radius 1 is 1.14 bits per heavy atom. The van der Waals surface area contributed by atoms with Crippen LogP contribution in [0.3, 0.4) is 0 Å². The summed E-state index contributed by atoms with van der Waals surface area (Å²) in [6.45, 7) is 0. The van der Waals surface area contributed by atoms with Crippen LogP contribution in [0.25, 0.3) is 10.9 Å². The molecule has 0 radical (unpaired) electrons. The van der Waals surface area contributed by atoms with Crippen molar-refractivity contribution >= 4 is 28.5 Å². The highest BCUT2D eigenvalue weighted by molar-refractivity contribution is 6.31. The lowest BCUT2D eigenvalue weighted by atomic mass is 9.96. The van der Waals surface area contributed by atoms with E-state index in [4.69, 9.17) is 16.3 Å². The van der Waals surface area contributed by atoms with Gasteiger partial charge in [-0.05, 0) is 29.8 Å². The molecule has 0 aliphatic rings. The summed E-state index contributed by atoms with van der Waals surface area (Å²) >= 11 is 6.01. The maximum atomic E-state index is 12.2. The van der Waals surface area contributed by atoms with E-state index in [1.807, 2.05) is 54.6 Å². The molecule has 3 rings (SSSR count). The van der Waals surface area contributed by atoms with Crippen LogP contribution in [-0.2, 0) is 9.53 Å². The van der Waals surface area contributed by atoms with Gasteiger partial charge in [0.05, 0.1) is 7.11 Å². The first-order valence-electron chi connectivity index (χ1n) is 6.60.